The van der Waals surface area contributed by atoms with E-state index in [4.69, 9.17) is 0 Å². The number of hydrogen-bond acceptors (Lipinski definition) is 5. The largest absolute Gasteiger partial charge is 0.337 e. The van der Waals surface area contributed by atoms with Gasteiger partial charge in [0.05, 0.1) is 16.4 Å². The molecular weight excluding hydrogens is 348 g/mol. The lowest BCUT2D eigenvalue weighted by atomic mass is 10.1. The van der Waals surface area contributed by atoms with Gasteiger partial charge in [0.2, 0.25) is 0 Å². The second-order valence-corrected chi connectivity index (χ2v) is 8.71. The first-order chi connectivity index (χ1) is 11.4. The molecule has 1 aliphatic rings. The molecule has 0 radical (unpaired) electrons. The summed E-state index contributed by atoms with van der Waals surface area (Å²) in [7, 11) is -3.03. The lowest BCUT2D eigenvalue weighted by Crippen LogP contribution is -2.43. The van der Waals surface area contributed by atoms with Gasteiger partial charge in [-0.25, -0.2) is 8.42 Å². The number of benzene rings is 1. The molecule has 0 atom stereocenters. The van der Waals surface area contributed by atoms with E-state index in [1.807, 2.05) is 5.38 Å². The van der Waals surface area contributed by atoms with Crippen molar-refractivity contribution in [2.75, 3.05) is 29.9 Å². The highest BCUT2D eigenvalue weighted by atomic mass is 32.2. The van der Waals surface area contributed by atoms with Crippen molar-refractivity contribution in [3.8, 4) is 0 Å². The lowest BCUT2D eigenvalue weighted by molar-refractivity contribution is 0.0770. The van der Waals surface area contributed by atoms with Crippen molar-refractivity contribution in [1.29, 1.82) is 0 Å². The van der Waals surface area contributed by atoms with E-state index in [2.05, 4.69) is 5.32 Å². The highest BCUT2D eigenvalue weighted by molar-refractivity contribution is 7.91. The summed E-state index contributed by atoms with van der Waals surface area (Å²) in [6.07, 6.45) is 0. The molecule has 0 aliphatic carbocycles. The molecular formula is C16H16N2O4S2. The Morgan fingerprint density at radius 3 is 2.50 bits per heavy atom. The van der Waals surface area contributed by atoms with Crippen LogP contribution in [0.2, 0.25) is 0 Å². The quantitative estimate of drug-likeness (QED) is 0.901. The first-order valence-corrected chi connectivity index (χ1v) is 10.1. The van der Waals surface area contributed by atoms with Crippen molar-refractivity contribution in [3.05, 3.63) is 52.2 Å². The van der Waals surface area contributed by atoms with Crippen LogP contribution in [-0.2, 0) is 9.84 Å². The van der Waals surface area contributed by atoms with Crippen LogP contribution in [0.1, 0.15) is 20.0 Å². The molecule has 1 aromatic carbocycles. The van der Waals surface area contributed by atoms with Gasteiger partial charge in [-0.3, -0.25) is 9.59 Å². The minimum Gasteiger partial charge on any atom is -0.337 e. The van der Waals surface area contributed by atoms with Crippen LogP contribution in [-0.4, -0.2) is 49.7 Å². The molecule has 1 aliphatic heterocycles. The van der Waals surface area contributed by atoms with Gasteiger partial charge in [-0.2, -0.15) is 0 Å². The van der Waals surface area contributed by atoms with E-state index in [0.717, 1.165) is 0 Å². The molecule has 3 rings (SSSR count). The zero-order valence-corrected chi connectivity index (χ0v) is 14.4. The number of nitrogens with zero attached hydrogens (tertiary/aromatic N) is 1. The van der Waals surface area contributed by atoms with Crippen molar-refractivity contribution in [3.63, 3.8) is 0 Å². The van der Waals surface area contributed by atoms with Gasteiger partial charge in [0, 0.05) is 24.3 Å². The molecule has 0 bridgehead atoms. The lowest BCUT2D eigenvalue weighted by Gasteiger charge is -2.26. The average Bonchev–Trinajstić information content (AvgIpc) is 3.09. The number of nitrogens with one attached hydrogen (secondary N) is 1. The molecule has 0 unspecified atom stereocenters. The van der Waals surface area contributed by atoms with Crippen LogP contribution in [0.15, 0.2) is 41.8 Å². The molecule has 0 spiro atoms. The van der Waals surface area contributed by atoms with Crippen LogP contribution in [0.5, 0.6) is 0 Å². The van der Waals surface area contributed by atoms with E-state index >= 15 is 0 Å². The van der Waals surface area contributed by atoms with Gasteiger partial charge in [-0.1, -0.05) is 12.1 Å². The van der Waals surface area contributed by atoms with E-state index in [0.29, 0.717) is 16.1 Å². The zero-order valence-electron chi connectivity index (χ0n) is 12.8. The van der Waals surface area contributed by atoms with Crippen molar-refractivity contribution >= 4 is 38.7 Å². The summed E-state index contributed by atoms with van der Waals surface area (Å²) in [5, 5.41) is 4.58. The first kappa shape index (κ1) is 16.7. The summed E-state index contributed by atoms with van der Waals surface area (Å²) in [6, 6.07) is 10.2. The second kappa shape index (κ2) is 6.74. The summed E-state index contributed by atoms with van der Waals surface area (Å²) >= 11 is 1.34. The number of amides is 2. The molecule has 2 amide bonds. The average molecular weight is 364 g/mol. The third kappa shape index (κ3) is 3.82. The number of carbonyl (C=O) groups excluding carboxylic acids is 2. The SMILES string of the molecule is O=C(Nc1cccc(C(=O)N2CCS(=O)(=O)CC2)c1)c1cccs1. The van der Waals surface area contributed by atoms with Gasteiger partial charge < -0.3 is 10.2 Å². The van der Waals surface area contributed by atoms with Gasteiger partial charge in [0.25, 0.3) is 11.8 Å². The van der Waals surface area contributed by atoms with Crippen LogP contribution in [0.4, 0.5) is 5.69 Å². The fourth-order valence-electron chi connectivity index (χ4n) is 2.43. The Labute approximate surface area is 144 Å². The summed E-state index contributed by atoms with van der Waals surface area (Å²) < 4.78 is 22.9. The topological polar surface area (TPSA) is 83.6 Å². The predicted octanol–water partition coefficient (Wildman–Crippen LogP) is 1.87. The Kier molecular flexibility index (Phi) is 4.68. The summed E-state index contributed by atoms with van der Waals surface area (Å²) in [4.78, 5) is 26.7. The van der Waals surface area contributed by atoms with Crippen molar-refractivity contribution in [2.24, 2.45) is 0 Å². The number of rotatable bonds is 3. The van der Waals surface area contributed by atoms with Gasteiger partial charge in [-0.15, -0.1) is 11.3 Å². The predicted molar refractivity (Wildman–Crippen MR) is 93.3 cm³/mol. The fourth-order valence-corrected chi connectivity index (χ4v) is 4.25. The monoisotopic (exact) mass is 364 g/mol. The van der Waals surface area contributed by atoms with Crippen LogP contribution in [0.25, 0.3) is 0 Å². The normalized spacial score (nSPS) is 16.6. The maximum Gasteiger partial charge on any atom is 0.265 e. The van der Waals surface area contributed by atoms with Crippen molar-refractivity contribution in [2.45, 2.75) is 0 Å². The molecule has 8 heteroatoms. The zero-order chi connectivity index (χ0) is 17.2. The third-order valence-electron chi connectivity index (χ3n) is 3.74. The van der Waals surface area contributed by atoms with Crippen LogP contribution < -0.4 is 5.32 Å². The van der Waals surface area contributed by atoms with E-state index in [1.54, 1.807) is 36.4 Å². The smallest absolute Gasteiger partial charge is 0.265 e. The molecule has 1 fully saturated rings. The van der Waals surface area contributed by atoms with Crippen molar-refractivity contribution in [1.82, 2.24) is 4.90 Å². The van der Waals surface area contributed by atoms with E-state index in [9.17, 15) is 18.0 Å². The summed E-state index contributed by atoms with van der Waals surface area (Å²) in [5.41, 5.74) is 0.960. The second-order valence-electron chi connectivity index (χ2n) is 5.46. The Balaban J connectivity index is 1.71. The molecule has 2 aromatic rings. The van der Waals surface area contributed by atoms with Gasteiger partial charge in [-0.05, 0) is 29.6 Å². The highest BCUT2D eigenvalue weighted by Gasteiger charge is 2.25. The Hall–Kier alpha value is -2.19. The maximum atomic E-state index is 12.5. The van der Waals surface area contributed by atoms with Crippen LogP contribution >= 0.6 is 11.3 Å². The molecule has 0 saturated carbocycles. The first-order valence-electron chi connectivity index (χ1n) is 7.39. The highest BCUT2D eigenvalue weighted by Crippen LogP contribution is 2.17. The Morgan fingerprint density at radius 2 is 1.83 bits per heavy atom. The molecule has 2 heterocycles. The number of thiophene rings is 1. The Morgan fingerprint density at radius 1 is 1.08 bits per heavy atom. The molecule has 126 valence electrons. The van der Waals surface area contributed by atoms with E-state index in [-0.39, 0.29) is 36.4 Å². The van der Waals surface area contributed by atoms with Gasteiger partial charge in [0.1, 0.15) is 0 Å². The number of carbonyl (C=O) groups is 2. The number of hydrogen-bond donors (Lipinski definition) is 1. The standard InChI is InChI=1S/C16H16N2O4S2/c19-15(14-5-2-8-23-14)17-13-4-1-3-12(11-13)16(20)18-6-9-24(21,22)10-7-18/h1-5,8,11H,6-7,9-10H2,(H,17,19). The molecule has 1 aromatic heterocycles. The maximum absolute atomic E-state index is 12.5. The van der Waals surface area contributed by atoms with E-state index in [1.165, 1.54) is 16.2 Å². The molecule has 6 nitrogen and oxygen atoms in total. The summed E-state index contributed by atoms with van der Waals surface area (Å²) in [6.45, 7) is 0.403. The minimum atomic E-state index is -3.03. The molecule has 1 saturated heterocycles. The minimum absolute atomic E-state index is 0.00640. The van der Waals surface area contributed by atoms with Gasteiger partial charge in [0.15, 0.2) is 9.84 Å². The summed E-state index contributed by atoms with van der Waals surface area (Å²) in [5.74, 6) is -0.461. The van der Waals surface area contributed by atoms with Crippen LogP contribution in [0, 0.1) is 0 Å². The van der Waals surface area contributed by atoms with Crippen LogP contribution in [0.3, 0.4) is 0 Å². The molecule has 24 heavy (non-hydrogen) atoms. The van der Waals surface area contributed by atoms with Gasteiger partial charge >= 0.3 is 0 Å². The Bertz CT molecular complexity index is 846. The fraction of sp³-hybridized carbons (Fsp3) is 0.250. The number of sulfone groups is 1. The van der Waals surface area contributed by atoms with Crippen molar-refractivity contribution < 1.29 is 18.0 Å². The third-order valence-corrected chi connectivity index (χ3v) is 6.22. The van der Waals surface area contributed by atoms with E-state index < -0.39 is 9.84 Å². The number of anilines is 1. The molecule has 1 N–H and O–H groups in total.